The minimum atomic E-state index is -0.616. The number of hydrogen-bond donors (Lipinski definition) is 1. The topological polar surface area (TPSA) is 55.6 Å². The van der Waals surface area contributed by atoms with Crippen molar-refractivity contribution in [3.63, 3.8) is 0 Å². The van der Waals surface area contributed by atoms with Crippen molar-refractivity contribution in [2.75, 3.05) is 20.3 Å². The van der Waals surface area contributed by atoms with Gasteiger partial charge in [0.25, 0.3) is 0 Å². The predicted octanol–water partition coefficient (Wildman–Crippen LogP) is 1.93. The van der Waals surface area contributed by atoms with E-state index in [9.17, 15) is 9.18 Å². The van der Waals surface area contributed by atoms with Gasteiger partial charge in [0.1, 0.15) is 11.9 Å². The Hall–Kier alpha value is -1.17. The zero-order chi connectivity index (χ0) is 14.7. The van der Waals surface area contributed by atoms with Crippen molar-refractivity contribution in [2.24, 2.45) is 5.73 Å². The molecule has 0 aromatic heterocycles. The van der Waals surface area contributed by atoms with Crippen molar-refractivity contribution in [2.45, 2.75) is 31.3 Å². The Kier molecular flexibility index (Phi) is 6.58. The SMILES string of the molecule is COCC(N)C(=O)N1CC(c2ccc(F)cc2)CC1C.Cl. The monoisotopic (exact) mass is 316 g/mol. The summed E-state index contributed by atoms with van der Waals surface area (Å²) in [5.41, 5.74) is 6.87. The molecule has 0 spiro atoms. The first-order chi connectivity index (χ1) is 9.52. The van der Waals surface area contributed by atoms with E-state index in [2.05, 4.69) is 0 Å². The lowest BCUT2D eigenvalue weighted by atomic mass is 9.97. The Balaban J connectivity index is 0.00000220. The zero-order valence-electron chi connectivity index (χ0n) is 12.3. The number of methoxy groups -OCH3 is 1. The number of carbonyl (C=O) groups is 1. The molecule has 2 rings (SSSR count). The summed E-state index contributed by atoms with van der Waals surface area (Å²) < 4.78 is 17.9. The summed E-state index contributed by atoms with van der Waals surface area (Å²) >= 11 is 0. The van der Waals surface area contributed by atoms with Crippen LogP contribution >= 0.6 is 12.4 Å². The third-order valence-electron chi connectivity index (χ3n) is 3.86. The third-order valence-corrected chi connectivity index (χ3v) is 3.86. The van der Waals surface area contributed by atoms with Crippen LogP contribution in [-0.4, -0.2) is 43.2 Å². The van der Waals surface area contributed by atoms with E-state index >= 15 is 0 Å². The van der Waals surface area contributed by atoms with Crippen LogP contribution in [0.3, 0.4) is 0 Å². The fourth-order valence-electron chi connectivity index (χ4n) is 2.78. The second kappa shape index (κ2) is 7.73. The summed E-state index contributed by atoms with van der Waals surface area (Å²) in [4.78, 5) is 14.0. The molecule has 1 amide bonds. The van der Waals surface area contributed by atoms with Crippen LogP contribution in [0.15, 0.2) is 24.3 Å². The number of hydrogen-bond acceptors (Lipinski definition) is 3. The maximum atomic E-state index is 13.0. The molecule has 3 atom stereocenters. The molecule has 21 heavy (non-hydrogen) atoms. The van der Waals surface area contributed by atoms with E-state index in [1.807, 2.05) is 6.92 Å². The van der Waals surface area contributed by atoms with Crippen LogP contribution in [0.4, 0.5) is 4.39 Å². The molecular weight excluding hydrogens is 295 g/mol. The predicted molar refractivity (Wildman–Crippen MR) is 82.0 cm³/mol. The standard InChI is InChI=1S/C15H21FN2O2.ClH/c1-10-7-12(11-3-5-13(16)6-4-11)8-18(10)15(19)14(17)9-20-2;/h3-6,10,12,14H,7-9,17H2,1-2H3;1H. The molecule has 1 aliphatic heterocycles. The van der Waals surface area contributed by atoms with Gasteiger partial charge in [0.2, 0.25) is 5.91 Å². The molecular formula is C15H22ClFN2O2. The fourth-order valence-corrected chi connectivity index (χ4v) is 2.78. The Morgan fingerprint density at radius 3 is 2.67 bits per heavy atom. The number of nitrogens with two attached hydrogens (primary N) is 1. The molecule has 0 aliphatic carbocycles. The highest BCUT2D eigenvalue weighted by molar-refractivity contribution is 5.85. The van der Waals surface area contributed by atoms with Crippen molar-refractivity contribution in [3.05, 3.63) is 35.6 Å². The maximum Gasteiger partial charge on any atom is 0.242 e. The lowest BCUT2D eigenvalue weighted by molar-refractivity contribution is -0.134. The Labute approximate surface area is 130 Å². The molecule has 1 fully saturated rings. The van der Waals surface area contributed by atoms with Crippen molar-refractivity contribution in [3.8, 4) is 0 Å². The summed E-state index contributed by atoms with van der Waals surface area (Å²) in [6.07, 6.45) is 0.872. The number of amides is 1. The first-order valence-corrected chi connectivity index (χ1v) is 6.83. The summed E-state index contributed by atoms with van der Waals surface area (Å²) in [6.45, 7) is 2.87. The van der Waals surface area contributed by atoms with Crippen molar-refractivity contribution in [1.82, 2.24) is 4.90 Å². The number of rotatable bonds is 4. The minimum Gasteiger partial charge on any atom is -0.383 e. The normalized spacial score (nSPS) is 22.8. The quantitative estimate of drug-likeness (QED) is 0.923. The third kappa shape index (κ3) is 4.15. The van der Waals surface area contributed by atoms with Crippen molar-refractivity contribution < 1.29 is 13.9 Å². The van der Waals surface area contributed by atoms with Gasteiger partial charge in [-0.05, 0) is 31.0 Å². The van der Waals surface area contributed by atoms with E-state index in [0.29, 0.717) is 6.54 Å². The van der Waals surface area contributed by atoms with Crippen LogP contribution in [0.2, 0.25) is 0 Å². The molecule has 1 heterocycles. The number of nitrogens with zero attached hydrogens (tertiary/aromatic N) is 1. The second-order valence-corrected chi connectivity index (χ2v) is 5.39. The average Bonchev–Trinajstić information content (AvgIpc) is 2.81. The van der Waals surface area contributed by atoms with Gasteiger partial charge < -0.3 is 15.4 Å². The van der Waals surface area contributed by atoms with Gasteiger partial charge in [-0.25, -0.2) is 4.39 Å². The molecule has 4 nitrogen and oxygen atoms in total. The Morgan fingerprint density at radius 2 is 2.10 bits per heavy atom. The lowest BCUT2D eigenvalue weighted by Gasteiger charge is -2.24. The number of carbonyl (C=O) groups excluding carboxylic acids is 1. The van der Waals surface area contributed by atoms with Gasteiger partial charge in [-0.3, -0.25) is 4.79 Å². The van der Waals surface area contributed by atoms with Gasteiger partial charge in [0.15, 0.2) is 0 Å². The molecule has 0 bridgehead atoms. The number of ether oxygens (including phenoxy) is 1. The van der Waals surface area contributed by atoms with Crippen LogP contribution in [0.5, 0.6) is 0 Å². The van der Waals surface area contributed by atoms with Gasteiger partial charge >= 0.3 is 0 Å². The second-order valence-electron chi connectivity index (χ2n) is 5.39. The molecule has 1 aromatic carbocycles. The molecule has 0 radical (unpaired) electrons. The summed E-state index contributed by atoms with van der Waals surface area (Å²) in [5, 5.41) is 0. The van der Waals surface area contributed by atoms with Crippen molar-refractivity contribution in [1.29, 1.82) is 0 Å². The largest absolute Gasteiger partial charge is 0.383 e. The summed E-state index contributed by atoms with van der Waals surface area (Å²) in [7, 11) is 1.53. The zero-order valence-corrected chi connectivity index (χ0v) is 13.1. The molecule has 2 N–H and O–H groups in total. The summed E-state index contributed by atoms with van der Waals surface area (Å²) in [6, 6.07) is 6.02. The van der Waals surface area contributed by atoms with Gasteiger partial charge in [-0.1, -0.05) is 12.1 Å². The van der Waals surface area contributed by atoms with Crippen LogP contribution < -0.4 is 5.73 Å². The molecule has 1 saturated heterocycles. The number of likely N-dealkylation sites (tertiary alicyclic amines) is 1. The Bertz CT molecular complexity index is 469. The molecule has 3 unspecified atom stereocenters. The van der Waals surface area contributed by atoms with E-state index in [-0.39, 0.29) is 42.7 Å². The molecule has 0 saturated carbocycles. The van der Waals surface area contributed by atoms with Gasteiger partial charge in [0.05, 0.1) is 6.61 Å². The first-order valence-electron chi connectivity index (χ1n) is 6.83. The highest BCUT2D eigenvalue weighted by Crippen LogP contribution is 2.31. The molecule has 1 aliphatic rings. The van der Waals surface area contributed by atoms with Crippen LogP contribution in [0.1, 0.15) is 24.8 Å². The minimum absolute atomic E-state index is 0. The van der Waals surface area contributed by atoms with E-state index in [4.69, 9.17) is 10.5 Å². The molecule has 6 heteroatoms. The van der Waals surface area contributed by atoms with Gasteiger partial charge in [0, 0.05) is 25.6 Å². The number of halogens is 2. The summed E-state index contributed by atoms with van der Waals surface area (Å²) in [5.74, 6) is -0.0805. The van der Waals surface area contributed by atoms with E-state index in [0.717, 1.165) is 12.0 Å². The van der Waals surface area contributed by atoms with Crippen LogP contribution in [0.25, 0.3) is 0 Å². The first kappa shape index (κ1) is 17.9. The smallest absolute Gasteiger partial charge is 0.242 e. The average molecular weight is 317 g/mol. The lowest BCUT2D eigenvalue weighted by Crippen LogP contribution is -2.47. The molecule has 118 valence electrons. The van der Waals surface area contributed by atoms with Crippen molar-refractivity contribution >= 4 is 18.3 Å². The van der Waals surface area contributed by atoms with Crippen LogP contribution in [0, 0.1) is 5.82 Å². The van der Waals surface area contributed by atoms with E-state index in [1.54, 1.807) is 17.0 Å². The van der Waals surface area contributed by atoms with Crippen LogP contribution in [-0.2, 0) is 9.53 Å². The van der Waals surface area contributed by atoms with Gasteiger partial charge in [-0.2, -0.15) is 0 Å². The fraction of sp³-hybridized carbons (Fsp3) is 0.533. The van der Waals surface area contributed by atoms with E-state index < -0.39 is 6.04 Å². The Morgan fingerprint density at radius 1 is 1.48 bits per heavy atom. The maximum absolute atomic E-state index is 13.0. The number of benzene rings is 1. The molecule has 1 aromatic rings. The van der Waals surface area contributed by atoms with E-state index in [1.165, 1.54) is 19.2 Å². The highest BCUT2D eigenvalue weighted by atomic mass is 35.5. The van der Waals surface area contributed by atoms with Gasteiger partial charge in [-0.15, -0.1) is 12.4 Å². The highest BCUT2D eigenvalue weighted by Gasteiger charge is 2.35.